The predicted octanol–water partition coefficient (Wildman–Crippen LogP) is 0.602. The molecule has 0 unspecified atom stereocenters. The molecule has 0 saturated carbocycles. The number of carbonyl (C=O) groups is 2. The number of hydrogen-bond donors (Lipinski definition) is 2. The van der Waals surface area contributed by atoms with Crippen LogP contribution in [0.15, 0.2) is 0 Å². The van der Waals surface area contributed by atoms with E-state index in [9.17, 15) is 14.7 Å². The maximum absolute atomic E-state index is 12.6. The number of carbonyl (C=O) groups excluding carboxylic acids is 1. The highest BCUT2D eigenvalue weighted by atomic mass is 16.5. The van der Waals surface area contributed by atoms with Crippen LogP contribution in [0.5, 0.6) is 0 Å². The fourth-order valence-electron chi connectivity index (χ4n) is 3.37. The summed E-state index contributed by atoms with van der Waals surface area (Å²) in [6.07, 6.45) is 1.58. The van der Waals surface area contributed by atoms with Crippen molar-refractivity contribution in [3.05, 3.63) is 0 Å². The predicted molar refractivity (Wildman–Crippen MR) is 81.8 cm³/mol. The monoisotopic (exact) mass is 313 g/mol. The number of hydrogen-bond acceptors (Lipinski definition) is 4. The number of nitrogens with zero attached hydrogens (tertiary/aromatic N) is 2. The van der Waals surface area contributed by atoms with Crippen LogP contribution in [0.2, 0.25) is 0 Å². The second-order valence-electron chi connectivity index (χ2n) is 6.62. The molecular formula is C15H27N3O4. The van der Waals surface area contributed by atoms with Gasteiger partial charge in [0.05, 0.1) is 12.2 Å². The second-order valence-corrected chi connectivity index (χ2v) is 6.62. The topological polar surface area (TPSA) is 82.1 Å². The lowest BCUT2D eigenvalue weighted by atomic mass is 9.90. The van der Waals surface area contributed by atoms with E-state index in [1.807, 2.05) is 13.8 Å². The zero-order valence-electron chi connectivity index (χ0n) is 13.7. The van der Waals surface area contributed by atoms with E-state index >= 15 is 0 Å². The molecule has 1 atom stereocenters. The number of carboxylic acids is 1. The summed E-state index contributed by atoms with van der Waals surface area (Å²) in [6.45, 7) is 7.26. The second kappa shape index (κ2) is 6.83. The SMILES string of the molecule is CC(C)[C@@H](C(=O)O)N(C)C(=O)N1CCC2(CC1)CNCCO2. The summed E-state index contributed by atoms with van der Waals surface area (Å²) in [5.74, 6) is -1.09. The number of urea groups is 1. The van der Waals surface area contributed by atoms with Crippen LogP contribution in [0.3, 0.4) is 0 Å². The first-order chi connectivity index (χ1) is 10.4. The fourth-order valence-corrected chi connectivity index (χ4v) is 3.37. The lowest BCUT2D eigenvalue weighted by Crippen LogP contribution is -2.59. The average Bonchev–Trinajstić information content (AvgIpc) is 2.47. The van der Waals surface area contributed by atoms with Gasteiger partial charge in [0.25, 0.3) is 0 Å². The molecule has 2 rings (SSSR count). The molecule has 0 aromatic carbocycles. The molecule has 0 aliphatic carbocycles. The Morgan fingerprint density at radius 2 is 1.95 bits per heavy atom. The summed E-state index contributed by atoms with van der Waals surface area (Å²) >= 11 is 0. The van der Waals surface area contributed by atoms with Gasteiger partial charge in [-0.2, -0.15) is 0 Å². The van der Waals surface area contributed by atoms with Gasteiger partial charge in [-0.1, -0.05) is 13.8 Å². The Kier molecular flexibility index (Phi) is 5.28. The Balaban J connectivity index is 1.95. The van der Waals surface area contributed by atoms with Crippen LogP contribution in [0, 0.1) is 5.92 Å². The third-order valence-electron chi connectivity index (χ3n) is 4.68. The lowest BCUT2D eigenvalue weighted by molar-refractivity contribution is -0.143. The summed E-state index contributed by atoms with van der Waals surface area (Å²) in [7, 11) is 1.57. The minimum atomic E-state index is -0.959. The van der Waals surface area contributed by atoms with Crippen molar-refractivity contribution < 1.29 is 19.4 Å². The number of piperidine rings is 1. The van der Waals surface area contributed by atoms with Crippen LogP contribution >= 0.6 is 0 Å². The number of likely N-dealkylation sites (N-methyl/N-ethyl adjacent to an activating group) is 1. The van der Waals surface area contributed by atoms with Crippen molar-refractivity contribution in [1.82, 2.24) is 15.1 Å². The van der Waals surface area contributed by atoms with Gasteiger partial charge in [-0.15, -0.1) is 0 Å². The molecule has 2 N–H and O–H groups in total. The summed E-state index contributed by atoms with van der Waals surface area (Å²) in [6, 6.07) is -1.00. The van der Waals surface area contributed by atoms with Crippen LogP contribution in [-0.2, 0) is 9.53 Å². The van der Waals surface area contributed by atoms with Crippen molar-refractivity contribution >= 4 is 12.0 Å². The van der Waals surface area contributed by atoms with Crippen LogP contribution in [-0.4, -0.2) is 78.4 Å². The first-order valence-corrected chi connectivity index (χ1v) is 7.95. The van der Waals surface area contributed by atoms with Gasteiger partial charge >= 0.3 is 12.0 Å². The van der Waals surface area contributed by atoms with E-state index in [2.05, 4.69) is 5.32 Å². The number of nitrogens with one attached hydrogen (secondary N) is 1. The van der Waals surface area contributed by atoms with Crippen LogP contribution in [0.4, 0.5) is 4.79 Å². The highest BCUT2D eigenvalue weighted by molar-refractivity contribution is 5.82. The van der Waals surface area contributed by atoms with E-state index in [0.29, 0.717) is 19.7 Å². The zero-order chi connectivity index (χ0) is 16.3. The van der Waals surface area contributed by atoms with Gasteiger partial charge in [0.15, 0.2) is 0 Å². The average molecular weight is 313 g/mol. The smallest absolute Gasteiger partial charge is 0.326 e. The number of rotatable bonds is 3. The van der Waals surface area contributed by atoms with Crippen molar-refractivity contribution in [1.29, 1.82) is 0 Å². The van der Waals surface area contributed by atoms with E-state index in [1.165, 1.54) is 4.90 Å². The molecule has 0 aromatic rings. The van der Waals surface area contributed by atoms with Gasteiger partial charge in [0.2, 0.25) is 0 Å². The molecular weight excluding hydrogens is 286 g/mol. The number of carboxylic acid groups (broad SMARTS) is 1. The number of likely N-dealkylation sites (tertiary alicyclic amines) is 1. The Hall–Kier alpha value is -1.34. The van der Waals surface area contributed by atoms with E-state index in [-0.39, 0.29) is 17.6 Å². The van der Waals surface area contributed by atoms with Gasteiger partial charge < -0.3 is 25.0 Å². The van der Waals surface area contributed by atoms with E-state index < -0.39 is 12.0 Å². The number of aliphatic carboxylic acids is 1. The first kappa shape index (κ1) is 17.0. The molecule has 0 aromatic heterocycles. The maximum Gasteiger partial charge on any atom is 0.326 e. The van der Waals surface area contributed by atoms with Gasteiger partial charge in [-0.3, -0.25) is 0 Å². The summed E-state index contributed by atoms with van der Waals surface area (Å²) < 4.78 is 5.91. The number of morpholine rings is 1. The molecule has 22 heavy (non-hydrogen) atoms. The first-order valence-electron chi connectivity index (χ1n) is 7.95. The van der Waals surface area contributed by atoms with Crippen molar-refractivity contribution in [3.63, 3.8) is 0 Å². The lowest BCUT2D eigenvalue weighted by Gasteiger charge is -2.45. The molecule has 7 heteroatoms. The normalized spacial score (nSPS) is 22.6. The van der Waals surface area contributed by atoms with Crippen molar-refractivity contribution in [3.8, 4) is 0 Å². The summed E-state index contributed by atoms with van der Waals surface area (Å²) in [5.41, 5.74) is -0.155. The zero-order valence-corrected chi connectivity index (χ0v) is 13.7. The Morgan fingerprint density at radius 1 is 1.32 bits per heavy atom. The fraction of sp³-hybridized carbons (Fsp3) is 0.867. The molecule has 7 nitrogen and oxygen atoms in total. The van der Waals surface area contributed by atoms with E-state index in [1.54, 1.807) is 11.9 Å². The molecule has 1 spiro atoms. The Labute approximate surface area is 131 Å². The maximum atomic E-state index is 12.6. The molecule has 2 fully saturated rings. The van der Waals surface area contributed by atoms with Gasteiger partial charge in [0.1, 0.15) is 6.04 Å². The van der Waals surface area contributed by atoms with E-state index in [0.717, 1.165) is 25.9 Å². The van der Waals surface area contributed by atoms with Gasteiger partial charge in [-0.25, -0.2) is 9.59 Å². The third kappa shape index (κ3) is 3.52. The van der Waals surface area contributed by atoms with Crippen LogP contribution in [0.25, 0.3) is 0 Å². The summed E-state index contributed by atoms with van der Waals surface area (Å²) in [4.78, 5) is 27.0. The summed E-state index contributed by atoms with van der Waals surface area (Å²) in [5, 5.41) is 12.7. The molecule has 2 heterocycles. The molecule has 0 radical (unpaired) electrons. The third-order valence-corrected chi connectivity index (χ3v) is 4.68. The molecule has 2 amide bonds. The Morgan fingerprint density at radius 3 is 2.41 bits per heavy atom. The Bertz CT molecular complexity index is 411. The van der Waals surface area contributed by atoms with Gasteiger partial charge in [-0.05, 0) is 18.8 Å². The molecule has 126 valence electrons. The number of ether oxygens (including phenoxy) is 1. The standard InChI is InChI=1S/C15H27N3O4/c1-11(2)12(13(19)20)17(3)14(21)18-7-4-15(5-8-18)10-16-6-9-22-15/h11-12,16H,4-10H2,1-3H3,(H,19,20)/t12-/m0/s1. The number of amides is 2. The highest BCUT2D eigenvalue weighted by Crippen LogP contribution is 2.28. The molecule has 2 aliphatic heterocycles. The minimum absolute atomic E-state index is 0.131. The van der Waals surface area contributed by atoms with Crippen molar-refractivity contribution in [2.45, 2.75) is 38.3 Å². The quantitative estimate of drug-likeness (QED) is 0.797. The minimum Gasteiger partial charge on any atom is -0.480 e. The highest BCUT2D eigenvalue weighted by Gasteiger charge is 2.40. The molecule has 0 bridgehead atoms. The van der Waals surface area contributed by atoms with Crippen molar-refractivity contribution in [2.24, 2.45) is 5.92 Å². The molecule has 2 saturated heterocycles. The van der Waals surface area contributed by atoms with Crippen LogP contribution < -0.4 is 5.32 Å². The largest absolute Gasteiger partial charge is 0.480 e. The van der Waals surface area contributed by atoms with Crippen molar-refractivity contribution in [2.75, 3.05) is 39.8 Å². The van der Waals surface area contributed by atoms with Crippen LogP contribution in [0.1, 0.15) is 26.7 Å². The molecule has 2 aliphatic rings. The van der Waals surface area contributed by atoms with E-state index in [4.69, 9.17) is 4.74 Å². The van der Waals surface area contributed by atoms with Gasteiger partial charge in [0, 0.05) is 33.2 Å².